The molecule has 16 heteroatoms. The third kappa shape index (κ3) is 6.25. The number of nitro groups is 2. The highest BCUT2D eigenvalue weighted by Crippen LogP contribution is 2.30. The molecular weight excluding hydrogens is 549 g/mol. The molecule has 0 bridgehead atoms. The molecule has 192 valence electrons. The average Bonchev–Trinajstić information content (AvgIpc) is 3.23. The second-order valence-electron chi connectivity index (χ2n) is 7.39. The molecule has 0 spiro atoms. The highest BCUT2D eigenvalue weighted by molar-refractivity contribution is 6.33. The van der Waals surface area contributed by atoms with E-state index in [0.717, 1.165) is 5.69 Å². The van der Waals surface area contributed by atoms with Gasteiger partial charge in [0.1, 0.15) is 17.2 Å². The van der Waals surface area contributed by atoms with Crippen molar-refractivity contribution in [3.8, 4) is 5.82 Å². The lowest BCUT2D eigenvalue weighted by atomic mass is 10.3. The minimum absolute atomic E-state index is 0.0944. The van der Waals surface area contributed by atoms with Crippen LogP contribution in [0, 0.1) is 41.0 Å². The smallest absolute Gasteiger partial charge is 0.314 e. The van der Waals surface area contributed by atoms with Gasteiger partial charge >= 0.3 is 11.4 Å². The molecule has 4 aromatic rings. The van der Waals surface area contributed by atoms with Crippen molar-refractivity contribution in [3.05, 3.63) is 89.6 Å². The number of halogens is 3. The van der Waals surface area contributed by atoms with Crippen LogP contribution in [0.3, 0.4) is 0 Å². The molecule has 0 aliphatic rings. The van der Waals surface area contributed by atoms with Gasteiger partial charge in [-0.2, -0.15) is 9.97 Å². The number of nitrogens with zero attached hydrogens (tertiary/aromatic N) is 9. The van der Waals surface area contributed by atoms with E-state index >= 15 is 0 Å². The van der Waals surface area contributed by atoms with E-state index in [9.17, 15) is 20.2 Å². The second kappa shape index (κ2) is 11.4. The van der Waals surface area contributed by atoms with Crippen LogP contribution in [0.1, 0.15) is 17.2 Å². The summed E-state index contributed by atoms with van der Waals surface area (Å²) in [6.07, 6.45) is 3.20. The third-order valence-corrected chi connectivity index (χ3v) is 5.63. The van der Waals surface area contributed by atoms with Crippen molar-refractivity contribution in [2.24, 2.45) is 0 Å². The fraction of sp³-hybridized carbons (Fsp3) is 0.190. The quantitative estimate of drug-likeness (QED) is 0.129. The summed E-state index contributed by atoms with van der Waals surface area (Å²) in [6.45, 7) is 4.79. The zero-order valence-corrected chi connectivity index (χ0v) is 22.0. The van der Waals surface area contributed by atoms with Gasteiger partial charge in [0.2, 0.25) is 22.2 Å². The Kier molecular flexibility index (Phi) is 8.53. The van der Waals surface area contributed by atoms with Gasteiger partial charge in [-0.15, -0.1) is 0 Å². The van der Waals surface area contributed by atoms with Gasteiger partial charge < -0.3 is 4.90 Å². The maximum atomic E-state index is 11.5. The van der Waals surface area contributed by atoms with Gasteiger partial charge in [0.05, 0.1) is 9.85 Å². The molecular formula is C21H18Cl3N9O4. The van der Waals surface area contributed by atoms with E-state index in [0.29, 0.717) is 16.8 Å². The van der Waals surface area contributed by atoms with Crippen LogP contribution in [0.25, 0.3) is 5.82 Å². The summed E-state index contributed by atoms with van der Waals surface area (Å²) in [6, 6.07) is 7.16. The van der Waals surface area contributed by atoms with Crippen molar-refractivity contribution in [2.75, 3.05) is 11.9 Å². The Morgan fingerprint density at radius 3 is 1.97 bits per heavy atom. The normalized spacial score (nSPS) is 10.5. The molecule has 0 fully saturated rings. The average molecular weight is 567 g/mol. The maximum Gasteiger partial charge on any atom is 0.333 e. The Hall–Kier alpha value is -3.94. The molecule has 37 heavy (non-hydrogen) atoms. The zero-order chi connectivity index (χ0) is 27.4. The molecule has 0 amide bonds. The van der Waals surface area contributed by atoms with Crippen molar-refractivity contribution in [1.82, 2.24) is 29.5 Å². The van der Waals surface area contributed by atoms with Crippen molar-refractivity contribution in [1.29, 1.82) is 0 Å². The SMILES string of the molecule is Cc1nc(Cl)nc(Cl)c1[N+](=O)[O-].Cc1nc(N(C)c2ccc(Cl)cc2)nc(-n2ccnc2C)c1[N+](=O)[O-]. The van der Waals surface area contributed by atoms with Crippen LogP contribution in [0.2, 0.25) is 15.5 Å². The first-order valence-electron chi connectivity index (χ1n) is 10.3. The number of aryl methyl sites for hydroxylation is 3. The van der Waals surface area contributed by atoms with Crippen LogP contribution in [-0.4, -0.2) is 46.4 Å². The molecule has 3 heterocycles. The molecule has 3 aromatic heterocycles. The van der Waals surface area contributed by atoms with Crippen molar-refractivity contribution in [2.45, 2.75) is 20.8 Å². The highest BCUT2D eigenvalue weighted by Gasteiger charge is 2.25. The number of benzene rings is 1. The van der Waals surface area contributed by atoms with Crippen molar-refractivity contribution in [3.63, 3.8) is 0 Å². The molecule has 1 aromatic carbocycles. The van der Waals surface area contributed by atoms with Crippen LogP contribution in [0.15, 0.2) is 36.7 Å². The Balaban J connectivity index is 0.000000266. The van der Waals surface area contributed by atoms with E-state index in [1.165, 1.54) is 6.92 Å². The molecule has 0 radical (unpaired) electrons. The first-order valence-corrected chi connectivity index (χ1v) is 11.4. The van der Waals surface area contributed by atoms with Crippen LogP contribution >= 0.6 is 34.8 Å². The summed E-state index contributed by atoms with van der Waals surface area (Å²) in [4.78, 5) is 42.3. The standard InChI is InChI=1S/C16H15ClN6O2.C5H3Cl2N3O2/c1-10-14(23(24)25)15(22-9-8-18-11(22)2)20-16(19-10)21(3)13-6-4-12(17)5-7-13;1-2-3(10(11)12)4(6)9-5(7)8-2/h4-9H,1-3H3;1H3. The first-order chi connectivity index (χ1) is 17.4. The zero-order valence-electron chi connectivity index (χ0n) is 19.8. The summed E-state index contributed by atoms with van der Waals surface area (Å²) in [5, 5.41) is 22.1. The number of aromatic nitrogens is 6. The summed E-state index contributed by atoms with van der Waals surface area (Å²) in [7, 11) is 1.79. The summed E-state index contributed by atoms with van der Waals surface area (Å²) < 4.78 is 1.58. The van der Waals surface area contributed by atoms with Crippen LogP contribution < -0.4 is 4.90 Å². The summed E-state index contributed by atoms with van der Waals surface area (Å²) in [5.74, 6) is 1.12. The number of rotatable bonds is 5. The van der Waals surface area contributed by atoms with Gasteiger partial charge in [-0.3, -0.25) is 24.8 Å². The van der Waals surface area contributed by atoms with E-state index in [4.69, 9.17) is 34.8 Å². The van der Waals surface area contributed by atoms with Crippen LogP contribution in [0.4, 0.5) is 23.0 Å². The number of hydrogen-bond donors (Lipinski definition) is 0. The molecule has 0 aliphatic heterocycles. The summed E-state index contributed by atoms with van der Waals surface area (Å²) >= 11 is 16.8. The lowest BCUT2D eigenvalue weighted by Crippen LogP contribution is -2.17. The fourth-order valence-corrected chi connectivity index (χ4v) is 3.82. The molecule has 0 N–H and O–H groups in total. The Bertz CT molecular complexity index is 1460. The van der Waals surface area contributed by atoms with Gasteiger partial charge in [-0.05, 0) is 56.6 Å². The van der Waals surface area contributed by atoms with Crippen molar-refractivity contribution >= 4 is 57.8 Å². The Morgan fingerprint density at radius 2 is 1.46 bits per heavy atom. The molecule has 4 rings (SSSR count). The van der Waals surface area contributed by atoms with Crippen LogP contribution in [-0.2, 0) is 0 Å². The minimum Gasteiger partial charge on any atom is -0.314 e. The third-order valence-electron chi connectivity index (χ3n) is 4.95. The topological polar surface area (TPSA) is 159 Å². The van der Waals surface area contributed by atoms with E-state index in [1.807, 2.05) is 12.1 Å². The first kappa shape index (κ1) is 27.6. The number of imidazole rings is 1. The molecule has 0 saturated carbocycles. The maximum absolute atomic E-state index is 11.5. The Labute approximate surface area is 225 Å². The number of anilines is 2. The van der Waals surface area contributed by atoms with E-state index in [2.05, 4.69) is 24.9 Å². The van der Waals surface area contributed by atoms with Crippen molar-refractivity contribution < 1.29 is 9.85 Å². The molecule has 0 aliphatic carbocycles. The lowest BCUT2D eigenvalue weighted by Gasteiger charge is -2.19. The predicted molar refractivity (Wildman–Crippen MR) is 138 cm³/mol. The molecule has 13 nitrogen and oxygen atoms in total. The number of hydrogen-bond acceptors (Lipinski definition) is 10. The molecule has 0 saturated heterocycles. The molecule has 0 atom stereocenters. The van der Waals surface area contributed by atoms with E-state index in [1.54, 1.807) is 54.9 Å². The van der Waals surface area contributed by atoms with Crippen LogP contribution in [0.5, 0.6) is 0 Å². The fourth-order valence-electron chi connectivity index (χ4n) is 3.16. The van der Waals surface area contributed by atoms with Gasteiger partial charge in [0.15, 0.2) is 0 Å². The highest BCUT2D eigenvalue weighted by atomic mass is 35.5. The van der Waals surface area contributed by atoms with E-state index < -0.39 is 9.85 Å². The monoisotopic (exact) mass is 565 g/mol. The Morgan fingerprint density at radius 1 is 0.865 bits per heavy atom. The van der Waals surface area contributed by atoms with Gasteiger partial charge in [0.25, 0.3) is 0 Å². The largest absolute Gasteiger partial charge is 0.333 e. The summed E-state index contributed by atoms with van der Waals surface area (Å²) in [5.41, 5.74) is 0.797. The molecule has 0 unspecified atom stereocenters. The van der Waals surface area contributed by atoms with Gasteiger partial charge in [-0.25, -0.2) is 15.0 Å². The van der Waals surface area contributed by atoms with Gasteiger partial charge in [0, 0.05) is 30.2 Å². The minimum atomic E-state index is -0.645. The van der Waals surface area contributed by atoms with Gasteiger partial charge in [-0.1, -0.05) is 23.2 Å². The predicted octanol–water partition coefficient (Wildman–Crippen LogP) is 5.61. The lowest BCUT2D eigenvalue weighted by molar-refractivity contribution is -0.386. The second-order valence-corrected chi connectivity index (χ2v) is 8.53. The van der Waals surface area contributed by atoms with E-state index in [-0.39, 0.29) is 39.0 Å².